The van der Waals surface area contributed by atoms with Crippen LogP contribution in [0.25, 0.3) is 5.65 Å². The molecule has 1 aromatic carbocycles. The van der Waals surface area contributed by atoms with Crippen molar-refractivity contribution in [3.05, 3.63) is 57.4 Å². The van der Waals surface area contributed by atoms with Crippen molar-refractivity contribution in [3.8, 4) is 0 Å². The largest absolute Gasteiger partial charge is 0.478 e. The summed E-state index contributed by atoms with van der Waals surface area (Å²) in [5.41, 5.74) is 2.66. The summed E-state index contributed by atoms with van der Waals surface area (Å²) in [5, 5.41) is 12.8. The molecule has 0 radical (unpaired) electrons. The van der Waals surface area contributed by atoms with Gasteiger partial charge in [0.15, 0.2) is 5.65 Å². The molecule has 22 heavy (non-hydrogen) atoms. The van der Waals surface area contributed by atoms with E-state index in [9.17, 15) is 9.90 Å². The molecular weight excluding hydrogens is 370 g/mol. The van der Waals surface area contributed by atoms with Crippen LogP contribution in [0.2, 0.25) is 5.02 Å². The number of nitrogens with zero attached hydrogens (tertiary/aromatic N) is 2. The van der Waals surface area contributed by atoms with E-state index in [2.05, 4.69) is 26.2 Å². The number of fused-ring (bicyclic) bond motifs is 1. The van der Waals surface area contributed by atoms with E-state index in [-0.39, 0.29) is 10.6 Å². The van der Waals surface area contributed by atoms with Crippen LogP contribution in [-0.4, -0.2) is 20.5 Å². The lowest BCUT2D eigenvalue weighted by Gasteiger charge is -2.14. The van der Waals surface area contributed by atoms with Gasteiger partial charge in [-0.3, -0.25) is 0 Å². The summed E-state index contributed by atoms with van der Waals surface area (Å²) >= 11 is 9.75. The number of hydrogen-bond donors (Lipinski definition) is 2. The van der Waals surface area contributed by atoms with Crippen LogP contribution in [-0.2, 0) is 0 Å². The fraction of sp³-hybridized carbons (Fsp3) is 0.0667. The molecular formula is C15H11BrClN3O2. The van der Waals surface area contributed by atoms with Crippen LogP contribution in [0.4, 0.5) is 11.4 Å². The summed E-state index contributed by atoms with van der Waals surface area (Å²) in [7, 11) is 0. The number of benzene rings is 1. The number of carboxylic acids is 1. The van der Waals surface area contributed by atoms with Crippen LogP contribution in [0.1, 0.15) is 15.9 Å². The van der Waals surface area contributed by atoms with Crippen LogP contribution in [0.3, 0.4) is 0 Å². The summed E-state index contributed by atoms with van der Waals surface area (Å²) in [6.45, 7) is 1.93. The van der Waals surface area contributed by atoms with Gasteiger partial charge in [0.05, 0.1) is 5.69 Å². The highest BCUT2D eigenvalue weighted by molar-refractivity contribution is 9.10. The molecule has 3 aromatic rings. The Bertz CT molecular complexity index is 892. The maximum absolute atomic E-state index is 11.5. The first-order chi connectivity index (χ1) is 10.5. The highest BCUT2D eigenvalue weighted by Gasteiger charge is 2.18. The lowest BCUT2D eigenvalue weighted by atomic mass is 10.1. The Morgan fingerprint density at radius 3 is 2.91 bits per heavy atom. The SMILES string of the molecule is Cc1cc(Br)ccc1Nc1c(C(=O)O)cn2ccnc2c1Cl. The number of aromatic carboxylic acids is 1. The van der Waals surface area contributed by atoms with Gasteiger partial charge in [-0.1, -0.05) is 27.5 Å². The van der Waals surface area contributed by atoms with Gasteiger partial charge < -0.3 is 14.8 Å². The first-order valence-electron chi connectivity index (χ1n) is 6.39. The number of imidazole rings is 1. The van der Waals surface area contributed by atoms with Crippen molar-refractivity contribution < 1.29 is 9.90 Å². The summed E-state index contributed by atoms with van der Waals surface area (Å²) in [6, 6.07) is 5.67. The van der Waals surface area contributed by atoms with E-state index in [0.29, 0.717) is 11.3 Å². The number of aromatic nitrogens is 2. The Hall–Kier alpha value is -2.05. The minimum atomic E-state index is -1.06. The van der Waals surface area contributed by atoms with E-state index in [1.165, 1.54) is 6.20 Å². The molecule has 0 aliphatic carbocycles. The molecule has 3 rings (SSSR count). The zero-order valence-corrected chi connectivity index (χ0v) is 13.8. The number of nitrogens with one attached hydrogen (secondary N) is 1. The Kier molecular flexibility index (Phi) is 3.80. The second-order valence-corrected chi connectivity index (χ2v) is 6.07. The molecule has 0 bridgehead atoms. The van der Waals surface area contributed by atoms with Crippen LogP contribution in [0.5, 0.6) is 0 Å². The molecule has 0 spiro atoms. The van der Waals surface area contributed by atoms with Crippen LogP contribution in [0.15, 0.2) is 41.3 Å². The zero-order chi connectivity index (χ0) is 15.9. The number of pyridine rings is 1. The van der Waals surface area contributed by atoms with E-state index >= 15 is 0 Å². The van der Waals surface area contributed by atoms with Crippen molar-refractivity contribution in [3.63, 3.8) is 0 Å². The predicted octanol–water partition coefficient (Wildman–Crippen LogP) is 4.50. The van der Waals surface area contributed by atoms with Crippen LogP contribution < -0.4 is 5.32 Å². The van der Waals surface area contributed by atoms with Crippen LogP contribution in [0, 0.1) is 6.92 Å². The molecule has 0 aliphatic rings. The minimum absolute atomic E-state index is 0.0813. The molecule has 7 heteroatoms. The standard InChI is InChI=1S/C15H11BrClN3O2/c1-8-6-9(16)2-3-11(8)19-13-10(15(21)22)7-20-5-4-18-14(20)12(13)17/h2-7,19H,1H3,(H,21,22). The van der Waals surface area contributed by atoms with E-state index in [0.717, 1.165) is 15.7 Å². The van der Waals surface area contributed by atoms with Gasteiger partial charge in [0.2, 0.25) is 0 Å². The second-order valence-electron chi connectivity index (χ2n) is 4.78. The number of rotatable bonds is 3. The van der Waals surface area contributed by atoms with E-state index in [1.807, 2.05) is 25.1 Å². The Morgan fingerprint density at radius 2 is 2.23 bits per heavy atom. The normalized spacial score (nSPS) is 10.9. The van der Waals surface area contributed by atoms with Crippen molar-refractivity contribution in [2.75, 3.05) is 5.32 Å². The van der Waals surface area contributed by atoms with E-state index in [4.69, 9.17) is 11.6 Å². The maximum Gasteiger partial charge on any atom is 0.339 e. The van der Waals surface area contributed by atoms with Crippen LogP contribution >= 0.6 is 27.5 Å². The molecule has 0 saturated heterocycles. The van der Waals surface area contributed by atoms with Gasteiger partial charge in [-0.25, -0.2) is 9.78 Å². The molecule has 0 amide bonds. The first kappa shape index (κ1) is 14.9. The first-order valence-corrected chi connectivity index (χ1v) is 7.56. The van der Waals surface area contributed by atoms with Gasteiger partial charge in [0.1, 0.15) is 10.6 Å². The predicted molar refractivity (Wildman–Crippen MR) is 89.3 cm³/mol. The Labute approximate surface area is 139 Å². The topological polar surface area (TPSA) is 66.6 Å². The summed E-state index contributed by atoms with van der Waals surface area (Å²) in [4.78, 5) is 15.7. The van der Waals surface area contributed by atoms with Gasteiger partial charge in [-0.15, -0.1) is 0 Å². The van der Waals surface area contributed by atoms with Gasteiger partial charge in [0.25, 0.3) is 0 Å². The fourth-order valence-corrected chi connectivity index (χ4v) is 2.98. The number of halogens is 2. The number of hydrogen-bond acceptors (Lipinski definition) is 3. The summed E-state index contributed by atoms with van der Waals surface area (Å²) in [6.07, 6.45) is 4.72. The average Bonchev–Trinajstić information content (AvgIpc) is 2.92. The highest BCUT2D eigenvalue weighted by atomic mass is 79.9. The highest BCUT2D eigenvalue weighted by Crippen LogP contribution is 2.34. The van der Waals surface area contributed by atoms with Gasteiger partial charge in [-0.05, 0) is 30.7 Å². The van der Waals surface area contributed by atoms with E-state index < -0.39 is 5.97 Å². The molecule has 0 aliphatic heterocycles. The number of aryl methyl sites for hydroxylation is 1. The lowest BCUT2D eigenvalue weighted by molar-refractivity contribution is 0.0697. The Morgan fingerprint density at radius 1 is 1.45 bits per heavy atom. The van der Waals surface area contributed by atoms with Crippen molar-refractivity contribution in [2.24, 2.45) is 0 Å². The smallest absolute Gasteiger partial charge is 0.339 e. The molecule has 0 atom stereocenters. The number of carboxylic acid groups (broad SMARTS) is 1. The number of carbonyl (C=O) groups is 1. The lowest BCUT2D eigenvalue weighted by Crippen LogP contribution is -2.07. The summed E-state index contributed by atoms with van der Waals surface area (Å²) < 4.78 is 2.54. The number of anilines is 2. The van der Waals surface area contributed by atoms with Gasteiger partial charge in [-0.2, -0.15) is 0 Å². The van der Waals surface area contributed by atoms with Crippen molar-refractivity contribution >= 4 is 50.5 Å². The molecule has 2 heterocycles. The quantitative estimate of drug-likeness (QED) is 0.702. The van der Waals surface area contributed by atoms with Crippen molar-refractivity contribution in [1.82, 2.24) is 9.38 Å². The molecule has 2 aromatic heterocycles. The van der Waals surface area contributed by atoms with Crippen molar-refractivity contribution in [1.29, 1.82) is 0 Å². The Balaban J connectivity index is 2.18. The second kappa shape index (κ2) is 5.62. The third kappa shape index (κ3) is 2.55. The van der Waals surface area contributed by atoms with Gasteiger partial charge in [0, 0.05) is 28.8 Å². The zero-order valence-electron chi connectivity index (χ0n) is 11.5. The fourth-order valence-electron chi connectivity index (χ4n) is 2.21. The molecule has 0 unspecified atom stereocenters. The van der Waals surface area contributed by atoms with Gasteiger partial charge >= 0.3 is 5.97 Å². The third-order valence-electron chi connectivity index (χ3n) is 3.30. The molecule has 0 saturated carbocycles. The van der Waals surface area contributed by atoms with Crippen molar-refractivity contribution in [2.45, 2.75) is 6.92 Å². The third-order valence-corrected chi connectivity index (χ3v) is 4.15. The molecule has 2 N–H and O–H groups in total. The molecule has 0 fully saturated rings. The van der Waals surface area contributed by atoms with E-state index in [1.54, 1.807) is 16.8 Å². The average molecular weight is 381 g/mol. The summed E-state index contributed by atoms with van der Waals surface area (Å²) in [5.74, 6) is -1.06. The molecule has 5 nitrogen and oxygen atoms in total. The maximum atomic E-state index is 11.5. The monoisotopic (exact) mass is 379 g/mol. The minimum Gasteiger partial charge on any atom is -0.478 e. The molecule has 112 valence electrons.